The maximum absolute atomic E-state index is 12.3. The highest BCUT2D eigenvalue weighted by molar-refractivity contribution is 8.18. The van der Waals surface area contributed by atoms with Crippen LogP contribution in [-0.4, -0.2) is 24.8 Å². The van der Waals surface area contributed by atoms with Gasteiger partial charge in [0.05, 0.1) is 17.7 Å². The molecule has 0 spiro atoms. The molecule has 5 nitrogen and oxygen atoms in total. The van der Waals surface area contributed by atoms with Gasteiger partial charge in [0.15, 0.2) is 16.7 Å². The Balaban J connectivity index is 1.81. The number of hydrogen-bond acceptors (Lipinski definition) is 5. The molecule has 0 radical (unpaired) electrons. The quantitative estimate of drug-likeness (QED) is 0.526. The molecule has 1 N–H and O–H groups in total. The van der Waals surface area contributed by atoms with Crippen molar-refractivity contribution in [3.8, 4) is 11.5 Å². The molecule has 7 heteroatoms. The van der Waals surface area contributed by atoms with Crippen molar-refractivity contribution in [2.24, 2.45) is 4.99 Å². The number of nitrogens with zero attached hydrogens (tertiary/aromatic N) is 1. The van der Waals surface area contributed by atoms with Crippen LogP contribution in [0.3, 0.4) is 0 Å². The van der Waals surface area contributed by atoms with Crippen LogP contribution in [0, 0.1) is 6.92 Å². The summed E-state index contributed by atoms with van der Waals surface area (Å²) in [5.41, 5.74) is 2.48. The first-order chi connectivity index (χ1) is 13.5. The number of aryl methyl sites for hydroxylation is 1. The van der Waals surface area contributed by atoms with E-state index in [-0.39, 0.29) is 5.91 Å². The van der Waals surface area contributed by atoms with E-state index >= 15 is 0 Å². The van der Waals surface area contributed by atoms with Gasteiger partial charge in [-0.2, -0.15) is 0 Å². The van der Waals surface area contributed by atoms with E-state index < -0.39 is 0 Å². The highest BCUT2D eigenvalue weighted by Crippen LogP contribution is 2.32. The monoisotopic (exact) mass is 414 g/mol. The zero-order chi connectivity index (χ0) is 20.1. The zero-order valence-electron chi connectivity index (χ0n) is 15.5. The van der Waals surface area contributed by atoms with E-state index in [1.165, 1.54) is 11.8 Å². The number of hydrogen-bond donors (Lipinski definition) is 1. The van der Waals surface area contributed by atoms with Crippen molar-refractivity contribution < 1.29 is 14.3 Å². The molecule has 1 amide bonds. The van der Waals surface area contributed by atoms with Gasteiger partial charge in [-0.05, 0) is 60.2 Å². The number of aliphatic imine (C=N–C) groups is 1. The van der Waals surface area contributed by atoms with Gasteiger partial charge in [-0.25, -0.2) is 4.99 Å². The van der Waals surface area contributed by atoms with E-state index in [1.54, 1.807) is 31.4 Å². The second kappa shape index (κ2) is 8.99. The van der Waals surface area contributed by atoms with Crippen LogP contribution in [0.15, 0.2) is 59.0 Å². The number of amidine groups is 1. The number of halogens is 1. The summed E-state index contributed by atoms with van der Waals surface area (Å²) in [6.45, 7) is 5.94. The Morgan fingerprint density at radius 1 is 1.25 bits per heavy atom. The zero-order valence-corrected chi connectivity index (χ0v) is 17.1. The molecule has 144 valence electrons. The molecule has 28 heavy (non-hydrogen) atoms. The highest BCUT2D eigenvalue weighted by atomic mass is 35.5. The van der Waals surface area contributed by atoms with E-state index in [9.17, 15) is 4.79 Å². The molecule has 1 saturated heterocycles. The number of carbonyl (C=O) groups excluding carboxylic acids is 1. The molecule has 0 aromatic heterocycles. The van der Waals surface area contributed by atoms with Crippen molar-refractivity contribution in [1.29, 1.82) is 0 Å². The molecular formula is C21H19ClN2O3S. The second-order valence-electron chi connectivity index (χ2n) is 5.93. The molecule has 0 atom stereocenters. The molecule has 1 aliphatic rings. The van der Waals surface area contributed by atoms with Crippen LogP contribution >= 0.6 is 23.4 Å². The molecule has 3 rings (SSSR count). The molecule has 2 aromatic carbocycles. The van der Waals surface area contributed by atoms with Crippen LogP contribution in [0.5, 0.6) is 11.5 Å². The Labute approximate surface area is 173 Å². The summed E-state index contributed by atoms with van der Waals surface area (Å²) in [7, 11) is 1.57. The first-order valence-corrected chi connectivity index (χ1v) is 9.67. The van der Waals surface area contributed by atoms with Gasteiger partial charge in [-0.1, -0.05) is 36.4 Å². The smallest absolute Gasteiger partial charge is 0.264 e. The fourth-order valence-corrected chi connectivity index (χ4v) is 3.46. The standard InChI is InChI=1S/C21H19ClN2O3S/c1-4-9-27-17-8-6-14(10-18(17)26-3)11-19-20(25)24-21(28-19)23-15-7-5-13(2)16(22)12-15/h4-8,10-12H,1,9H2,2-3H3,(H,23,24,25)/b19-11+. The van der Waals surface area contributed by atoms with Gasteiger partial charge in [0.25, 0.3) is 5.91 Å². The molecule has 0 unspecified atom stereocenters. The summed E-state index contributed by atoms with van der Waals surface area (Å²) in [6, 6.07) is 11.0. The van der Waals surface area contributed by atoms with Crippen molar-refractivity contribution in [3.05, 3.63) is 70.1 Å². The van der Waals surface area contributed by atoms with Crippen LogP contribution in [-0.2, 0) is 4.79 Å². The lowest BCUT2D eigenvalue weighted by atomic mass is 10.2. The lowest BCUT2D eigenvalue weighted by Gasteiger charge is -2.09. The Kier molecular flexibility index (Phi) is 6.44. The SMILES string of the molecule is C=CCOc1ccc(/C=C2/SC(=Nc3ccc(C)c(Cl)c3)NC2=O)cc1OC. The third kappa shape index (κ3) is 4.77. The first kappa shape index (κ1) is 20.0. The van der Waals surface area contributed by atoms with Crippen LogP contribution in [0.4, 0.5) is 5.69 Å². The Bertz CT molecular complexity index is 986. The van der Waals surface area contributed by atoms with Crippen molar-refractivity contribution in [2.45, 2.75) is 6.92 Å². The molecule has 1 heterocycles. The van der Waals surface area contributed by atoms with Crippen molar-refractivity contribution in [1.82, 2.24) is 5.32 Å². The minimum Gasteiger partial charge on any atom is -0.493 e. The van der Waals surface area contributed by atoms with E-state index in [2.05, 4.69) is 16.9 Å². The normalized spacial score (nSPS) is 16.3. The average molecular weight is 415 g/mol. The lowest BCUT2D eigenvalue weighted by molar-refractivity contribution is -0.115. The van der Waals surface area contributed by atoms with Gasteiger partial charge in [-0.15, -0.1) is 0 Å². The highest BCUT2D eigenvalue weighted by Gasteiger charge is 2.24. The van der Waals surface area contributed by atoms with Crippen LogP contribution in [0.25, 0.3) is 6.08 Å². The number of carbonyl (C=O) groups is 1. The molecular weight excluding hydrogens is 396 g/mol. The molecule has 0 aliphatic carbocycles. The number of rotatable bonds is 6. The van der Waals surface area contributed by atoms with Crippen LogP contribution < -0.4 is 14.8 Å². The van der Waals surface area contributed by atoms with Crippen molar-refractivity contribution in [3.63, 3.8) is 0 Å². The molecule has 0 saturated carbocycles. The predicted octanol–water partition coefficient (Wildman–Crippen LogP) is 5.11. The van der Waals surface area contributed by atoms with Gasteiger partial charge >= 0.3 is 0 Å². The molecule has 2 aromatic rings. The van der Waals surface area contributed by atoms with Crippen molar-refractivity contribution in [2.75, 3.05) is 13.7 Å². The number of methoxy groups -OCH3 is 1. The van der Waals surface area contributed by atoms with Gasteiger partial charge in [0, 0.05) is 5.02 Å². The third-order valence-corrected chi connectivity index (χ3v) is 5.20. The molecule has 0 bridgehead atoms. The number of ether oxygens (including phenoxy) is 2. The lowest BCUT2D eigenvalue weighted by Crippen LogP contribution is -2.19. The largest absolute Gasteiger partial charge is 0.493 e. The van der Waals surface area contributed by atoms with E-state index in [4.69, 9.17) is 21.1 Å². The van der Waals surface area contributed by atoms with E-state index in [1.807, 2.05) is 31.2 Å². The summed E-state index contributed by atoms with van der Waals surface area (Å²) in [4.78, 5) is 17.3. The topological polar surface area (TPSA) is 59.9 Å². The maximum Gasteiger partial charge on any atom is 0.264 e. The summed E-state index contributed by atoms with van der Waals surface area (Å²) < 4.78 is 10.9. The van der Waals surface area contributed by atoms with Crippen molar-refractivity contribution >= 4 is 46.2 Å². The number of thioether (sulfide) groups is 1. The third-order valence-electron chi connectivity index (χ3n) is 3.88. The Hall–Kier alpha value is -2.70. The maximum atomic E-state index is 12.3. The summed E-state index contributed by atoms with van der Waals surface area (Å²) in [6.07, 6.45) is 3.45. The van der Waals surface area contributed by atoms with Gasteiger partial charge in [0.2, 0.25) is 0 Å². The fraction of sp³-hybridized carbons (Fsp3) is 0.143. The summed E-state index contributed by atoms with van der Waals surface area (Å²) in [5, 5.41) is 3.92. The molecule has 1 fully saturated rings. The first-order valence-electron chi connectivity index (χ1n) is 8.47. The minimum absolute atomic E-state index is 0.201. The predicted molar refractivity (Wildman–Crippen MR) is 116 cm³/mol. The Morgan fingerprint density at radius 3 is 2.79 bits per heavy atom. The van der Waals surface area contributed by atoms with Crippen LogP contribution in [0.2, 0.25) is 5.02 Å². The number of amides is 1. The average Bonchev–Trinajstić information content (AvgIpc) is 3.02. The minimum atomic E-state index is -0.201. The van der Waals surface area contributed by atoms with Gasteiger partial charge in [0.1, 0.15) is 6.61 Å². The van der Waals surface area contributed by atoms with Gasteiger partial charge < -0.3 is 14.8 Å². The summed E-state index contributed by atoms with van der Waals surface area (Å²) in [5.74, 6) is 1.00. The van der Waals surface area contributed by atoms with E-state index in [0.29, 0.717) is 38.9 Å². The Morgan fingerprint density at radius 2 is 2.07 bits per heavy atom. The summed E-state index contributed by atoms with van der Waals surface area (Å²) >= 11 is 7.41. The number of nitrogens with one attached hydrogen (secondary N) is 1. The van der Waals surface area contributed by atoms with E-state index in [0.717, 1.165) is 11.1 Å². The second-order valence-corrected chi connectivity index (χ2v) is 7.36. The van der Waals surface area contributed by atoms with Gasteiger partial charge in [-0.3, -0.25) is 4.79 Å². The fourth-order valence-electron chi connectivity index (χ4n) is 2.44. The molecule has 1 aliphatic heterocycles. The number of benzene rings is 2. The van der Waals surface area contributed by atoms with Crippen LogP contribution in [0.1, 0.15) is 11.1 Å².